The summed E-state index contributed by atoms with van der Waals surface area (Å²) in [6.45, 7) is 4.39. The summed E-state index contributed by atoms with van der Waals surface area (Å²) in [5.74, 6) is 0.519. The first-order valence-electron chi connectivity index (χ1n) is 9.08. The zero-order valence-corrected chi connectivity index (χ0v) is 15.6. The molecule has 4 heterocycles. The number of hydrogen-bond donors (Lipinski definition) is 2. The summed E-state index contributed by atoms with van der Waals surface area (Å²) < 4.78 is 3.61. The van der Waals surface area contributed by atoms with Gasteiger partial charge in [-0.1, -0.05) is 0 Å². The van der Waals surface area contributed by atoms with Gasteiger partial charge in [0.15, 0.2) is 5.82 Å². The van der Waals surface area contributed by atoms with Crippen molar-refractivity contribution in [1.29, 1.82) is 0 Å². The van der Waals surface area contributed by atoms with Gasteiger partial charge in [-0.25, -0.2) is 4.98 Å². The van der Waals surface area contributed by atoms with Crippen molar-refractivity contribution in [3.63, 3.8) is 0 Å². The van der Waals surface area contributed by atoms with Gasteiger partial charge in [0.1, 0.15) is 5.54 Å². The van der Waals surface area contributed by atoms with Crippen molar-refractivity contribution >= 4 is 11.7 Å². The van der Waals surface area contributed by atoms with Crippen LogP contribution in [-0.4, -0.2) is 53.4 Å². The third-order valence-electron chi connectivity index (χ3n) is 5.20. The summed E-state index contributed by atoms with van der Waals surface area (Å²) in [4.78, 5) is 19.7. The number of rotatable bonds is 5. The van der Waals surface area contributed by atoms with Gasteiger partial charge < -0.3 is 9.88 Å². The highest BCUT2D eigenvalue weighted by molar-refractivity contribution is 5.96. The van der Waals surface area contributed by atoms with Crippen molar-refractivity contribution in [3.8, 4) is 0 Å². The molecular formula is C18H24N8O. The fraction of sp³-hybridized carbons (Fsp3) is 0.444. The third-order valence-corrected chi connectivity index (χ3v) is 5.20. The number of aryl methyl sites for hydroxylation is 2. The number of nitrogens with one attached hydrogen (secondary N) is 2. The average Bonchev–Trinajstić information content (AvgIpc) is 3.39. The molecule has 0 bridgehead atoms. The second-order valence-electron chi connectivity index (χ2n) is 7.15. The molecule has 1 fully saturated rings. The minimum absolute atomic E-state index is 0.0468. The highest BCUT2D eigenvalue weighted by Crippen LogP contribution is 2.32. The van der Waals surface area contributed by atoms with Crippen LogP contribution in [0.2, 0.25) is 0 Å². The second-order valence-corrected chi connectivity index (χ2v) is 7.15. The van der Waals surface area contributed by atoms with Crippen molar-refractivity contribution in [2.75, 3.05) is 18.4 Å². The molecule has 1 saturated heterocycles. The third kappa shape index (κ3) is 3.50. The van der Waals surface area contributed by atoms with Gasteiger partial charge in [0.25, 0.3) is 5.91 Å². The minimum atomic E-state index is -0.661. The summed E-state index contributed by atoms with van der Waals surface area (Å²) >= 11 is 0. The molecule has 0 atom stereocenters. The zero-order valence-electron chi connectivity index (χ0n) is 15.6. The van der Waals surface area contributed by atoms with Crippen molar-refractivity contribution < 1.29 is 4.79 Å². The summed E-state index contributed by atoms with van der Waals surface area (Å²) in [6, 6.07) is 3.86. The first-order valence-corrected chi connectivity index (χ1v) is 9.08. The van der Waals surface area contributed by atoms with Crippen LogP contribution in [0.4, 0.5) is 5.82 Å². The van der Waals surface area contributed by atoms with E-state index in [2.05, 4.69) is 36.6 Å². The molecule has 0 aliphatic carbocycles. The van der Waals surface area contributed by atoms with Crippen LogP contribution in [0.3, 0.4) is 0 Å². The van der Waals surface area contributed by atoms with E-state index in [1.54, 1.807) is 23.3 Å². The van der Waals surface area contributed by atoms with Gasteiger partial charge in [0, 0.05) is 57.0 Å². The molecule has 4 rings (SSSR count). The number of H-pyrrole nitrogens is 1. The SMILES string of the molecule is Cc1cc(CN2CCC(C(=O)Nc3ccn(C)n3)(n3ccnc3)CC2)n[nH]1. The molecule has 0 radical (unpaired) electrons. The van der Waals surface area contributed by atoms with Crippen LogP contribution in [0.5, 0.6) is 0 Å². The van der Waals surface area contributed by atoms with Gasteiger partial charge in [-0.3, -0.25) is 19.5 Å². The quantitative estimate of drug-likeness (QED) is 0.707. The van der Waals surface area contributed by atoms with Gasteiger partial charge in [-0.05, 0) is 25.8 Å². The number of carbonyl (C=O) groups is 1. The lowest BCUT2D eigenvalue weighted by Gasteiger charge is -2.41. The van der Waals surface area contributed by atoms with E-state index < -0.39 is 5.54 Å². The van der Waals surface area contributed by atoms with Gasteiger partial charge in [-0.15, -0.1) is 0 Å². The van der Waals surface area contributed by atoms with Crippen molar-refractivity contribution in [1.82, 2.24) is 34.4 Å². The topological polar surface area (TPSA) is 96.7 Å². The fourth-order valence-corrected chi connectivity index (χ4v) is 3.69. The molecule has 0 aromatic carbocycles. The summed E-state index contributed by atoms with van der Waals surface area (Å²) in [7, 11) is 1.83. The Labute approximate surface area is 157 Å². The number of nitrogens with zero attached hydrogens (tertiary/aromatic N) is 6. The van der Waals surface area contributed by atoms with Crippen LogP contribution in [-0.2, 0) is 23.9 Å². The van der Waals surface area contributed by atoms with Crippen LogP contribution in [0.1, 0.15) is 24.2 Å². The Morgan fingerprint density at radius 2 is 2.15 bits per heavy atom. The van der Waals surface area contributed by atoms with E-state index in [0.29, 0.717) is 18.7 Å². The van der Waals surface area contributed by atoms with Crippen molar-refractivity contribution in [2.45, 2.75) is 31.8 Å². The molecule has 3 aromatic rings. The van der Waals surface area contributed by atoms with Crippen LogP contribution in [0, 0.1) is 6.92 Å². The maximum absolute atomic E-state index is 13.2. The Balaban J connectivity index is 1.50. The van der Waals surface area contributed by atoms with Gasteiger partial charge in [0.2, 0.25) is 0 Å². The Morgan fingerprint density at radius 3 is 2.74 bits per heavy atom. The molecule has 2 N–H and O–H groups in total. The molecule has 9 nitrogen and oxygen atoms in total. The molecular weight excluding hydrogens is 344 g/mol. The molecule has 142 valence electrons. The molecule has 1 aliphatic rings. The molecule has 1 amide bonds. The number of aromatic amines is 1. The van der Waals surface area contributed by atoms with Crippen molar-refractivity contribution in [3.05, 3.63) is 48.4 Å². The molecule has 27 heavy (non-hydrogen) atoms. The van der Waals surface area contributed by atoms with Crippen LogP contribution < -0.4 is 5.32 Å². The Morgan fingerprint density at radius 1 is 1.33 bits per heavy atom. The first-order chi connectivity index (χ1) is 13.0. The fourth-order valence-electron chi connectivity index (χ4n) is 3.69. The number of imidazole rings is 1. The predicted molar refractivity (Wildman–Crippen MR) is 99.9 cm³/mol. The van der Waals surface area contributed by atoms with E-state index in [-0.39, 0.29) is 5.91 Å². The van der Waals surface area contributed by atoms with Gasteiger partial charge in [-0.2, -0.15) is 10.2 Å². The van der Waals surface area contributed by atoms with Crippen molar-refractivity contribution in [2.24, 2.45) is 7.05 Å². The molecule has 1 aliphatic heterocycles. The standard InChI is InChI=1S/C18H24N8O/c1-14-11-15(22-21-14)12-25-8-4-18(5-9-25,26-10-6-19-13-26)17(27)20-16-3-7-24(2)23-16/h3,6-7,10-11,13H,4-5,8-9,12H2,1-2H3,(H,21,22)(H,20,23,27). The maximum atomic E-state index is 13.2. The predicted octanol–water partition coefficient (Wildman–Crippen LogP) is 1.28. The van der Waals surface area contributed by atoms with E-state index in [1.807, 2.05) is 30.9 Å². The van der Waals surface area contributed by atoms with E-state index in [9.17, 15) is 4.79 Å². The van der Waals surface area contributed by atoms with E-state index >= 15 is 0 Å². The highest BCUT2D eigenvalue weighted by atomic mass is 16.2. The Kier molecular flexibility index (Phi) is 4.53. The van der Waals surface area contributed by atoms with E-state index in [1.165, 1.54) is 0 Å². The summed E-state index contributed by atoms with van der Waals surface area (Å²) in [5.41, 5.74) is 1.43. The number of hydrogen-bond acceptors (Lipinski definition) is 5. The normalized spacial score (nSPS) is 17.1. The number of piperidine rings is 1. The maximum Gasteiger partial charge on any atom is 0.251 e. The minimum Gasteiger partial charge on any atom is -0.322 e. The number of amides is 1. The van der Waals surface area contributed by atoms with Crippen LogP contribution in [0.25, 0.3) is 0 Å². The van der Waals surface area contributed by atoms with E-state index in [0.717, 1.165) is 31.0 Å². The molecule has 0 saturated carbocycles. The van der Waals surface area contributed by atoms with Crippen LogP contribution >= 0.6 is 0 Å². The lowest BCUT2D eigenvalue weighted by atomic mass is 9.86. The van der Waals surface area contributed by atoms with Gasteiger partial charge in [0.05, 0.1) is 12.0 Å². The smallest absolute Gasteiger partial charge is 0.251 e. The summed E-state index contributed by atoms with van der Waals surface area (Å²) in [6.07, 6.45) is 8.52. The number of carbonyl (C=O) groups excluding carboxylic acids is 1. The molecule has 3 aromatic heterocycles. The highest BCUT2D eigenvalue weighted by Gasteiger charge is 2.43. The summed E-state index contributed by atoms with van der Waals surface area (Å²) in [5, 5.41) is 14.5. The van der Waals surface area contributed by atoms with Crippen LogP contribution in [0.15, 0.2) is 37.1 Å². The second kappa shape index (κ2) is 6.99. The molecule has 0 spiro atoms. The number of aromatic nitrogens is 6. The Bertz CT molecular complexity index is 902. The average molecular weight is 368 g/mol. The lowest BCUT2D eigenvalue weighted by molar-refractivity contribution is -0.127. The first kappa shape index (κ1) is 17.5. The van der Waals surface area contributed by atoms with E-state index in [4.69, 9.17) is 0 Å². The number of anilines is 1. The number of likely N-dealkylation sites (tertiary alicyclic amines) is 1. The monoisotopic (exact) mass is 368 g/mol. The lowest BCUT2D eigenvalue weighted by Crippen LogP contribution is -2.52. The molecule has 0 unspecified atom stereocenters. The zero-order chi connectivity index (χ0) is 18.9. The molecule has 9 heteroatoms. The van der Waals surface area contributed by atoms with Gasteiger partial charge >= 0.3 is 0 Å². The Hall–Kier alpha value is -2.94. The largest absolute Gasteiger partial charge is 0.322 e.